The molecule has 144 valence electrons. The molecule has 6 nitrogen and oxygen atoms in total. The van der Waals surface area contributed by atoms with Crippen molar-refractivity contribution in [3.05, 3.63) is 45.4 Å². The molecule has 0 aliphatic carbocycles. The molecule has 0 aromatic heterocycles. The second-order valence-electron chi connectivity index (χ2n) is 5.80. The number of fused-ring (bicyclic) bond motifs is 1. The lowest BCUT2D eigenvalue weighted by atomic mass is 9.89. The predicted molar refractivity (Wildman–Crippen MR) is 106 cm³/mol. The Morgan fingerprint density at radius 1 is 1.08 bits per heavy atom. The number of phenols is 2. The second kappa shape index (κ2) is 9.32. The molecule has 0 radical (unpaired) electrons. The normalized spacial score (nSPS) is 15.3. The average Bonchev–Trinajstić information content (AvgIpc) is 2.57. The first-order valence-corrected chi connectivity index (χ1v) is 8.51. The molecule has 2 aromatic rings. The zero-order chi connectivity index (χ0) is 17.3. The fourth-order valence-corrected chi connectivity index (χ4v) is 3.64. The summed E-state index contributed by atoms with van der Waals surface area (Å²) in [6.07, 6.45) is 1.50. The monoisotopic (exact) mass is 447 g/mol. The predicted octanol–water partition coefficient (Wildman–Crippen LogP) is 2.90. The van der Waals surface area contributed by atoms with Gasteiger partial charge < -0.3 is 30.5 Å². The van der Waals surface area contributed by atoms with Gasteiger partial charge in [0.2, 0.25) is 0 Å². The van der Waals surface area contributed by atoms with Gasteiger partial charge in [-0.3, -0.25) is 0 Å². The number of hydrogen-bond acceptors (Lipinski definition) is 5. The maximum absolute atomic E-state index is 9.85. The Labute approximate surface area is 167 Å². The third-order valence-corrected chi connectivity index (χ3v) is 5.00. The van der Waals surface area contributed by atoms with Gasteiger partial charge in [0.05, 0.1) is 18.7 Å². The molecule has 2 aromatic carbocycles. The molecule has 0 spiro atoms. The minimum Gasteiger partial charge on any atom is -0.504 e. The lowest BCUT2D eigenvalue weighted by molar-refractivity contribution is 0.389. The van der Waals surface area contributed by atoms with E-state index in [1.807, 2.05) is 12.1 Å². The zero-order valence-corrected chi connectivity index (χ0v) is 16.9. The third-order valence-electron chi connectivity index (χ3n) is 4.38. The van der Waals surface area contributed by atoms with Gasteiger partial charge in [-0.1, -0.05) is 0 Å². The van der Waals surface area contributed by atoms with Gasteiger partial charge >= 0.3 is 0 Å². The summed E-state index contributed by atoms with van der Waals surface area (Å²) in [5.41, 5.74) is 3.06. The molecular weight excluding hydrogens is 426 g/mol. The highest BCUT2D eigenvalue weighted by Crippen LogP contribution is 2.38. The Balaban J connectivity index is 0.00000169. The van der Waals surface area contributed by atoms with E-state index in [-0.39, 0.29) is 35.4 Å². The third kappa shape index (κ3) is 4.35. The van der Waals surface area contributed by atoms with Crippen molar-refractivity contribution in [3.63, 3.8) is 0 Å². The van der Waals surface area contributed by atoms with Crippen LogP contribution in [0, 0.1) is 0 Å². The fraction of sp³-hybridized carbons (Fsp3) is 0.333. The first-order chi connectivity index (χ1) is 11.5. The maximum Gasteiger partial charge on any atom is 0.157 e. The summed E-state index contributed by atoms with van der Waals surface area (Å²) in [4.78, 5) is 0. The summed E-state index contributed by atoms with van der Waals surface area (Å²) in [5, 5.41) is 23.0. The van der Waals surface area contributed by atoms with E-state index in [0.717, 1.165) is 45.6 Å². The van der Waals surface area contributed by atoms with Crippen molar-refractivity contribution in [2.45, 2.75) is 18.9 Å². The quantitative estimate of drug-likeness (QED) is 0.624. The Morgan fingerprint density at radius 2 is 1.73 bits per heavy atom. The van der Waals surface area contributed by atoms with E-state index >= 15 is 0 Å². The molecule has 1 aliphatic rings. The highest BCUT2D eigenvalue weighted by atomic mass is 79.9. The van der Waals surface area contributed by atoms with Crippen LogP contribution in [0.3, 0.4) is 0 Å². The SMILES string of the molecule is COc1cc(CC2NCCc3cc(O)c(O)cc32)c(OC)cc1Br.Cl.O. The summed E-state index contributed by atoms with van der Waals surface area (Å²) in [6, 6.07) is 7.17. The number of halogens is 2. The number of rotatable bonds is 4. The molecule has 1 heterocycles. The Bertz CT molecular complexity index is 772. The number of methoxy groups -OCH3 is 2. The number of benzene rings is 2. The fourth-order valence-electron chi connectivity index (χ4n) is 3.15. The average molecular weight is 449 g/mol. The summed E-state index contributed by atoms with van der Waals surface area (Å²) in [5.74, 6) is 1.36. The van der Waals surface area contributed by atoms with Crippen LogP contribution in [0.4, 0.5) is 0 Å². The van der Waals surface area contributed by atoms with Crippen molar-refractivity contribution in [1.29, 1.82) is 0 Å². The number of hydrogen-bond donors (Lipinski definition) is 3. The van der Waals surface area contributed by atoms with E-state index < -0.39 is 0 Å². The van der Waals surface area contributed by atoms with Gasteiger partial charge in [0.25, 0.3) is 0 Å². The molecule has 0 saturated carbocycles. The van der Waals surface area contributed by atoms with Gasteiger partial charge in [-0.05, 0) is 76.3 Å². The van der Waals surface area contributed by atoms with Crippen molar-refractivity contribution in [3.8, 4) is 23.0 Å². The number of ether oxygens (including phenoxy) is 2. The molecule has 26 heavy (non-hydrogen) atoms. The Kier molecular flexibility index (Phi) is 8.02. The molecule has 0 saturated heterocycles. The van der Waals surface area contributed by atoms with Crippen molar-refractivity contribution < 1.29 is 25.2 Å². The second-order valence-corrected chi connectivity index (χ2v) is 6.65. The highest BCUT2D eigenvalue weighted by Gasteiger charge is 2.23. The number of nitrogens with one attached hydrogen (secondary N) is 1. The number of phenolic OH excluding ortho intramolecular Hbond substituents is 2. The molecule has 5 N–H and O–H groups in total. The Morgan fingerprint density at radius 3 is 2.38 bits per heavy atom. The summed E-state index contributed by atoms with van der Waals surface area (Å²) >= 11 is 3.47. The van der Waals surface area contributed by atoms with Gasteiger partial charge in [0, 0.05) is 6.04 Å². The molecule has 1 unspecified atom stereocenters. The van der Waals surface area contributed by atoms with Gasteiger partial charge in [-0.15, -0.1) is 12.4 Å². The van der Waals surface area contributed by atoms with Crippen LogP contribution in [0.2, 0.25) is 0 Å². The van der Waals surface area contributed by atoms with E-state index in [1.165, 1.54) is 0 Å². The largest absolute Gasteiger partial charge is 0.504 e. The standard InChI is InChI=1S/C18H20BrNO4.ClH.H2O/c1-23-17-9-13(19)18(24-2)7-11(17)5-14-12-8-16(22)15(21)6-10(12)3-4-20-14;;/h6-9,14,20-22H,3-5H2,1-2H3;1H;1H2. The summed E-state index contributed by atoms with van der Waals surface area (Å²) in [6.45, 7) is 0.817. The van der Waals surface area contributed by atoms with Crippen LogP contribution in [-0.2, 0) is 12.8 Å². The van der Waals surface area contributed by atoms with Crippen LogP contribution in [0.5, 0.6) is 23.0 Å². The first kappa shape index (κ1) is 22.4. The minimum absolute atomic E-state index is 0. The molecular formula is C18H23BrClNO5. The summed E-state index contributed by atoms with van der Waals surface area (Å²) < 4.78 is 11.7. The molecule has 1 atom stereocenters. The molecule has 0 fully saturated rings. The van der Waals surface area contributed by atoms with Crippen molar-refractivity contribution in [2.75, 3.05) is 20.8 Å². The van der Waals surface area contributed by atoms with Crippen LogP contribution in [0.1, 0.15) is 22.7 Å². The molecule has 8 heteroatoms. The van der Waals surface area contributed by atoms with E-state index in [4.69, 9.17) is 9.47 Å². The van der Waals surface area contributed by atoms with Crippen LogP contribution in [0.25, 0.3) is 0 Å². The van der Waals surface area contributed by atoms with Crippen LogP contribution in [-0.4, -0.2) is 36.5 Å². The van der Waals surface area contributed by atoms with Crippen LogP contribution >= 0.6 is 28.3 Å². The van der Waals surface area contributed by atoms with Crippen LogP contribution < -0.4 is 14.8 Å². The molecule has 3 rings (SSSR count). The first-order valence-electron chi connectivity index (χ1n) is 7.72. The van der Waals surface area contributed by atoms with Gasteiger partial charge in [-0.25, -0.2) is 0 Å². The van der Waals surface area contributed by atoms with E-state index in [1.54, 1.807) is 26.4 Å². The molecule has 1 aliphatic heterocycles. The van der Waals surface area contributed by atoms with Crippen molar-refractivity contribution >= 4 is 28.3 Å². The Hall–Kier alpha value is -1.67. The van der Waals surface area contributed by atoms with E-state index in [9.17, 15) is 10.2 Å². The van der Waals surface area contributed by atoms with Gasteiger partial charge in [0.15, 0.2) is 11.5 Å². The van der Waals surface area contributed by atoms with E-state index in [2.05, 4.69) is 21.2 Å². The number of aromatic hydroxyl groups is 2. The summed E-state index contributed by atoms with van der Waals surface area (Å²) in [7, 11) is 3.27. The zero-order valence-electron chi connectivity index (χ0n) is 14.5. The maximum atomic E-state index is 9.85. The topological polar surface area (TPSA) is 102 Å². The lowest BCUT2D eigenvalue weighted by Crippen LogP contribution is -2.31. The van der Waals surface area contributed by atoms with Crippen molar-refractivity contribution in [2.24, 2.45) is 0 Å². The molecule has 0 bridgehead atoms. The van der Waals surface area contributed by atoms with Gasteiger partial charge in [0.1, 0.15) is 11.5 Å². The molecule has 0 amide bonds. The lowest BCUT2D eigenvalue weighted by Gasteiger charge is -2.28. The van der Waals surface area contributed by atoms with Crippen molar-refractivity contribution in [1.82, 2.24) is 5.32 Å². The van der Waals surface area contributed by atoms with Crippen LogP contribution in [0.15, 0.2) is 28.7 Å². The van der Waals surface area contributed by atoms with Gasteiger partial charge in [-0.2, -0.15) is 0 Å². The smallest absolute Gasteiger partial charge is 0.157 e. The minimum atomic E-state index is -0.0946. The highest BCUT2D eigenvalue weighted by molar-refractivity contribution is 9.10. The van der Waals surface area contributed by atoms with E-state index in [0.29, 0.717) is 6.42 Å².